The van der Waals surface area contributed by atoms with Gasteiger partial charge < -0.3 is 5.11 Å². The van der Waals surface area contributed by atoms with Gasteiger partial charge in [0, 0.05) is 17.3 Å². The summed E-state index contributed by atoms with van der Waals surface area (Å²) in [6.45, 7) is 0. The third kappa shape index (κ3) is 3.46. The highest BCUT2D eigenvalue weighted by Gasteiger charge is 2.33. The zero-order chi connectivity index (χ0) is 12.2. The number of alkyl halides is 4. The van der Waals surface area contributed by atoms with E-state index < -0.39 is 17.5 Å². The van der Waals surface area contributed by atoms with Crippen molar-refractivity contribution in [1.82, 2.24) is 0 Å². The summed E-state index contributed by atoms with van der Waals surface area (Å²) < 4.78 is 37.2. The number of hydrogen-bond acceptors (Lipinski definition) is 1. The molecule has 0 heterocycles. The fourth-order valence-corrected chi connectivity index (χ4v) is 1.25. The summed E-state index contributed by atoms with van der Waals surface area (Å²) in [5, 5.41) is 9.74. The van der Waals surface area contributed by atoms with Gasteiger partial charge in [0.2, 0.25) is 0 Å². The summed E-state index contributed by atoms with van der Waals surface area (Å²) >= 11 is 3.16. The maximum Gasteiger partial charge on any atom is 0.419 e. The van der Waals surface area contributed by atoms with Crippen molar-refractivity contribution in [2.45, 2.75) is 12.6 Å². The van der Waals surface area contributed by atoms with E-state index in [-0.39, 0.29) is 5.56 Å². The van der Waals surface area contributed by atoms with Gasteiger partial charge in [-0.05, 0) is 18.2 Å². The predicted octanol–water partition coefficient (Wildman–Crippen LogP) is 3.55. The van der Waals surface area contributed by atoms with Crippen LogP contribution in [-0.2, 0) is 6.18 Å². The number of hydrogen-bond donors (Lipinski definition) is 1. The molecule has 0 aliphatic rings. The van der Waals surface area contributed by atoms with Crippen LogP contribution in [0.2, 0.25) is 0 Å². The zero-order valence-electron chi connectivity index (χ0n) is 8.11. The van der Waals surface area contributed by atoms with E-state index in [1.807, 2.05) is 0 Å². The number of halogens is 4. The fourth-order valence-electron chi connectivity index (χ4n) is 1.05. The van der Waals surface area contributed by atoms with Gasteiger partial charge in [-0.25, -0.2) is 0 Å². The minimum atomic E-state index is -4.56. The largest absolute Gasteiger partial charge is 0.507 e. The molecule has 0 saturated heterocycles. The molecule has 0 radical (unpaired) electrons. The number of phenols is 1. The van der Waals surface area contributed by atoms with Crippen LogP contribution in [0.5, 0.6) is 5.75 Å². The smallest absolute Gasteiger partial charge is 0.419 e. The zero-order valence-corrected chi connectivity index (χ0v) is 9.69. The van der Waals surface area contributed by atoms with E-state index in [9.17, 15) is 13.2 Å². The summed E-state index contributed by atoms with van der Waals surface area (Å²) in [6, 6.07) is 3.20. The highest BCUT2D eigenvalue weighted by atomic mass is 79.9. The molecule has 0 amide bonds. The topological polar surface area (TPSA) is 20.2 Å². The van der Waals surface area contributed by atoms with E-state index in [1.165, 1.54) is 6.07 Å². The molecule has 1 aromatic carbocycles. The van der Waals surface area contributed by atoms with Crippen LogP contribution in [0.1, 0.15) is 17.5 Å². The van der Waals surface area contributed by atoms with Crippen molar-refractivity contribution in [2.24, 2.45) is 0 Å². The van der Waals surface area contributed by atoms with Crippen molar-refractivity contribution in [3.05, 3.63) is 29.3 Å². The lowest BCUT2D eigenvalue weighted by Crippen LogP contribution is -2.05. The van der Waals surface area contributed by atoms with Crippen molar-refractivity contribution in [2.75, 3.05) is 5.33 Å². The average molecular weight is 293 g/mol. The monoisotopic (exact) mass is 292 g/mol. The normalized spacial score (nSPS) is 10.8. The third-order valence-corrected chi connectivity index (χ3v) is 2.15. The van der Waals surface area contributed by atoms with E-state index in [4.69, 9.17) is 5.11 Å². The van der Waals surface area contributed by atoms with Gasteiger partial charge in [-0.3, -0.25) is 0 Å². The SMILES string of the molecule is Oc1ccc(C#CCCBr)cc1C(F)(F)F. The Morgan fingerprint density at radius 1 is 1.31 bits per heavy atom. The maximum atomic E-state index is 12.4. The molecular weight excluding hydrogens is 285 g/mol. The molecule has 0 aromatic heterocycles. The Morgan fingerprint density at radius 2 is 2.00 bits per heavy atom. The van der Waals surface area contributed by atoms with Crippen LogP contribution in [0, 0.1) is 11.8 Å². The van der Waals surface area contributed by atoms with Crippen molar-refractivity contribution < 1.29 is 18.3 Å². The summed E-state index contributed by atoms with van der Waals surface area (Å²) in [5.41, 5.74) is -0.816. The Hall–Kier alpha value is -1.15. The molecule has 1 nitrogen and oxygen atoms in total. The van der Waals surface area contributed by atoms with Gasteiger partial charge in [-0.2, -0.15) is 13.2 Å². The average Bonchev–Trinajstić information content (AvgIpc) is 2.19. The summed E-state index contributed by atoms with van der Waals surface area (Å²) in [5.74, 6) is 4.52. The second kappa shape index (κ2) is 5.26. The van der Waals surface area contributed by atoms with Crippen molar-refractivity contribution in [3.8, 4) is 17.6 Å². The Morgan fingerprint density at radius 3 is 2.56 bits per heavy atom. The molecule has 5 heteroatoms. The van der Waals surface area contributed by atoms with Crippen LogP contribution in [0.15, 0.2) is 18.2 Å². The third-order valence-electron chi connectivity index (χ3n) is 1.75. The summed E-state index contributed by atoms with van der Waals surface area (Å²) in [6.07, 6.45) is -4.00. The fraction of sp³-hybridized carbons (Fsp3) is 0.273. The molecule has 1 N–H and O–H groups in total. The van der Waals surface area contributed by atoms with E-state index in [0.29, 0.717) is 11.8 Å². The Labute approximate surface area is 99.4 Å². The summed E-state index contributed by atoms with van der Waals surface area (Å²) in [7, 11) is 0. The minimum absolute atomic E-state index is 0.242. The second-order valence-electron chi connectivity index (χ2n) is 2.97. The van der Waals surface area contributed by atoms with Crippen molar-refractivity contribution >= 4 is 15.9 Å². The molecule has 16 heavy (non-hydrogen) atoms. The first-order valence-electron chi connectivity index (χ1n) is 4.40. The molecule has 0 atom stereocenters. The minimum Gasteiger partial charge on any atom is -0.507 e. The molecule has 0 unspecified atom stereocenters. The van der Waals surface area contributed by atoms with Crippen molar-refractivity contribution in [3.63, 3.8) is 0 Å². The molecule has 0 saturated carbocycles. The van der Waals surface area contributed by atoms with Crippen molar-refractivity contribution in [1.29, 1.82) is 0 Å². The predicted molar refractivity (Wildman–Crippen MR) is 58.4 cm³/mol. The highest BCUT2D eigenvalue weighted by molar-refractivity contribution is 9.09. The summed E-state index contributed by atoms with van der Waals surface area (Å²) in [4.78, 5) is 0. The van der Waals surface area contributed by atoms with Gasteiger partial charge in [-0.1, -0.05) is 27.8 Å². The maximum absolute atomic E-state index is 12.4. The Balaban J connectivity index is 3.05. The van der Waals surface area contributed by atoms with E-state index in [2.05, 4.69) is 27.8 Å². The van der Waals surface area contributed by atoms with Gasteiger partial charge in [0.05, 0.1) is 5.56 Å². The molecule has 0 aliphatic heterocycles. The van der Waals surface area contributed by atoms with E-state index in [1.54, 1.807) is 0 Å². The molecule has 0 spiro atoms. The first-order valence-corrected chi connectivity index (χ1v) is 5.52. The lowest BCUT2D eigenvalue weighted by atomic mass is 10.1. The molecule has 86 valence electrons. The van der Waals surface area contributed by atoms with E-state index in [0.717, 1.165) is 12.1 Å². The number of aromatic hydroxyl groups is 1. The highest BCUT2D eigenvalue weighted by Crippen LogP contribution is 2.35. The molecule has 0 fully saturated rings. The van der Waals surface area contributed by atoms with Gasteiger partial charge >= 0.3 is 6.18 Å². The molecule has 1 rings (SSSR count). The van der Waals surface area contributed by atoms with Gasteiger partial charge in [0.1, 0.15) is 5.75 Å². The standard InChI is InChI=1S/C11H8BrF3O/c12-6-2-1-3-8-4-5-10(16)9(7-8)11(13,14)15/h4-5,7,16H,2,6H2. The number of phenolic OH excluding ortho intramolecular Hbond substituents is 1. The lowest BCUT2D eigenvalue weighted by Gasteiger charge is -2.08. The van der Waals surface area contributed by atoms with Crippen LogP contribution >= 0.6 is 15.9 Å². The van der Waals surface area contributed by atoms with Crippen LogP contribution < -0.4 is 0 Å². The molecular formula is C11H8BrF3O. The lowest BCUT2D eigenvalue weighted by molar-refractivity contribution is -0.138. The van der Waals surface area contributed by atoms with Gasteiger partial charge in [-0.15, -0.1) is 0 Å². The molecule has 0 aliphatic carbocycles. The quantitative estimate of drug-likeness (QED) is 0.620. The second-order valence-corrected chi connectivity index (χ2v) is 3.76. The Bertz CT molecular complexity index is 429. The Kier molecular flexibility index (Phi) is 4.25. The molecule has 0 bridgehead atoms. The van der Waals surface area contributed by atoms with Crippen LogP contribution in [0.25, 0.3) is 0 Å². The van der Waals surface area contributed by atoms with Crippen LogP contribution in [-0.4, -0.2) is 10.4 Å². The number of benzene rings is 1. The van der Waals surface area contributed by atoms with Gasteiger partial charge in [0.15, 0.2) is 0 Å². The van der Waals surface area contributed by atoms with Crippen LogP contribution in [0.3, 0.4) is 0 Å². The van der Waals surface area contributed by atoms with Gasteiger partial charge in [0.25, 0.3) is 0 Å². The van der Waals surface area contributed by atoms with Crippen LogP contribution in [0.4, 0.5) is 13.2 Å². The number of rotatable bonds is 1. The van der Waals surface area contributed by atoms with E-state index >= 15 is 0 Å². The first kappa shape index (κ1) is 12.9. The first-order chi connectivity index (χ1) is 7.45. The molecule has 1 aromatic rings.